The highest BCUT2D eigenvalue weighted by atomic mass is 19.3. The van der Waals surface area contributed by atoms with Gasteiger partial charge < -0.3 is 0 Å². The average Bonchev–Trinajstić information content (AvgIpc) is 3.49. The lowest BCUT2D eigenvalue weighted by atomic mass is 9.98. The fourth-order valence-corrected chi connectivity index (χ4v) is 3.29. The van der Waals surface area contributed by atoms with Crippen LogP contribution in [0.5, 0.6) is 0 Å². The molecule has 7 nitrogen and oxygen atoms in total. The minimum absolute atomic E-state index is 0.264. The van der Waals surface area contributed by atoms with Crippen molar-refractivity contribution < 1.29 is 8.78 Å². The van der Waals surface area contributed by atoms with Crippen LogP contribution in [0.25, 0.3) is 22.5 Å². The summed E-state index contributed by atoms with van der Waals surface area (Å²) in [6.45, 7) is 3.44. The van der Waals surface area contributed by atoms with Crippen LogP contribution in [-0.2, 0) is 18.9 Å². The van der Waals surface area contributed by atoms with Crippen molar-refractivity contribution in [1.82, 2.24) is 35.4 Å². The van der Waals surface area contributed by atoms with Gasteiger partial charge in [0.05, 0.1) is 13.0 Å². The van der Waals surface area contributed by atoms with Crippen LogP contribution in [0.4, 0.5) is 8.78 Å². The largest absolute Gasteiger partial charge is 0.308 e. The summed E-state index contributed by atoms with van der Waals surface area (Å²) in [6, 6.07) is 15.6. The third-order valence-corrected chi connectivity index (χ3v) is 5.07. The second-order valence-electron chi connectivity index (χ2n) is 7.16. The van der Waals surface area contributed by atoms with Crippen LogP contribution in [0.2, 0.25) is 0 Å². The number of nitrogens with zero attached hydrogens (tertiary/aromatic N) is 6. The van der Waals surface area contributed by atoms with Crippen LogP contribution < -0.4 is 0 Å². The number of halogens is 2. The van der Waals surface area contributed by atoms with E-state index in [4.69, 9.17) is 0 Å². The first-order valence-electron chi connectivity index (χ1n) is 10.2. The monoisotopic (exact) mass is 433 g/mol. The molecule has 4 rings (SSSR count). The van der Waals surface area contributed by atoms with Crippen LogP contribution in [0, 0.1) is 11.8 Å². The van der Waals surface area contributed by atoms with Crippen molar-refractivity contribution in [3.8, 4) is 34.4 Å². The Bertz CT molecular complexity index is 1250. The van der Waals surface area contributed by atoms with E-state index in [0.717, 1.165) is 22.3 Å². The number of tetrazole rings is 1. The molecule has 0 saturated carbocycles. The molecule has 0 spiro atoms. The van der Waals surface area contributed by atoms with E-state index in [1.807, 2.05) is 48.5 Å². The van der Waals surface area contributed by atoms with Crippen molar-refractivity contribution in [2.45, 2.75) is 39.2 Å². The van der Waals surface area contributed by atoms with Crippen molar-refractivity contribution in [3.63, 3.8) is 0 Å². The number of hydrogen-bond donors (Lipinski definition) is 1. The molecule has 0 aliphatic heterocycles. The predicted octanol–water partition coefficient (Wildman–Crippen LogP) is 4.24. The van der Waals surface area contributed by atoms with Gasteiger partial charge >= 0.3 is 5.92 Å². The molecule has 0 fully saturated rings. The number of aromatic nitrogens is 7. The molecule has 0 bridgehead atoms. The first kappa shape index (κ1) is 21.3. The number of hydrogen-bond acceptors (Lipinski definition) is 5. The zero-order valence-electron chi connectivity index (χ0n) is 17.7. The standard InChI is InChI=1S/C23H21F2N7/c1-3-5-10-20-26-22(23(24,25)4-2)29-32(20)15-16-11-13-17(14-12-16)18-8-6-7-9-19(18)21-27-30-31-28-21/h6-9,11-14H,4,10,15H2,1-2H3,(H,27,28,30,31). The Balaban J connectivity index is 1.62. The summed E-state index contributed by atoms with van der Waals surface area (Å²) in [5.41, 5.74) is 3.75. The third-order valence-electron chi connectivity index (χ3n) is 5.07. The summed E-state index contributed by atoms with van der Waals surface area (Å²) in [5, 5.41) is 18.2. The van der Waals surface area contributed by atoms with Crippen molar-refractivity contribution in [2.24, 2.45) is 0 Å². The number of nitrogens with one attached hydrogen (secondary N) is 1. The van der Waals surface area contributed by atoms with Crippen LogP contribution in [0.1, 0.15) is 37.5 Å². The minimum Gasteiger partial charge on any atom is -0.244 e. The van der Waals surface area contributed by atoms with Crippen LogP contribution in [-0.4, -0.2) is 35.4 Å². The topological polar surface area (TPSA) is 85.2 Å². The summed E-state index contributed by atoms with van der Waals surface area (Å²) < 4.78 is 29.8. The van der Waals surface area contributed by atoms with Gasteiger partial charge in [0.1, 0.15) is 5.82 Å². The predicted molar refractivity (Wildman–Crippen MR) is 116 cm³/mol. The van der Waals surface area contributed by atoms with Gasteiger partial charge in [-0.05, 0) is 34.0 Å². The molecule has 32 heavy (non-hydrogen) atoms. The molecule has 0 atom stereocenters. The fraction of sp³-hybridized carbons (Fsp3) is 0.261. The molecule has 2 heterocycles. The van der Waals surface area contributed by atoms with E-state index in [1.54, 1.807) is 6.92 Å². The molecular weight excluding hydrogens is 412 g/mol. The SMILES string of the molecule is CC#CCc1nc(C(F)(F)CC)nn1Cc1ccc(-c2ccccc2-c2nnn[nH]2)cc1. The Morgan fingerprint density at radius 3 is 2.47 bits per heavy atom. The lowest BCUT2D eigenvalue weighted by molar-refractivity contribution is -0.0177. The van der Waals surface area contributed by atoms with Crippen molar-refractivity contribution >= 4 is 0 Å². The number of rotatable bonds is 7. The van der Waals surface area contributed by atoms with Gasteiger partial charge in [0.25, 0.3) is 0 Å². The maximum atomic E-state index is 14.1. The van der Waals surface area contributed by atoms with Crippen molar-refractivity contribution in [3.05, 3.63) is 65.7 Å². The fourth-order valence-electron chi connectivity index (χ4n) is 3.29. The molecule has 0 unspecified atom stereocenters. The highest BCUT2D eigenvalue weighted by Gasteiger charge is 2.35. The molecular formula is C23H21F2N7. The number of aromatic amines is 1. The van der Waals surface area contributed by atoms with Gasteiger partial charge in [-0.3, -0.25) is 0 Å². The van der Waals surface area contributed by atoms with E-state index in [2.05, 4.69) is 42.5 Å². The third kappa shape index (κ3) is 4.39. The summed E-state index contributed by atoms with van der Waals surface area (Å²) in [4.78, 5) is 4.07. The lowest BCUT2D eigenvalue weighted by Crippen LogP contribution is -2.14. The average molecular weight is 433 g/mol. The maximum Gasteiger partial charge on any atom is 0.308 e. The Labute approximate surface area is 183 Å². The van der Waals surface area contributed by atoms with Gasteiger partial charge in [-0.15, -0.1) is 16.1 Å². The Morgan fingerprint density at radius 1 is 1.06 bits per heavy atom. The van der Waals surface area contributed by atoms with Crippen LogP contribution in [0.3, 0.4) is 0 Å². The van der Waals surface area contributed by atoms with Crippen molar-refractivity contribution in [1.29, 1.82) is 0 Å². The van der Waals surface area contributed by atoms with Crippen LogP contribution >= 0.6 is 0 Å². The van der Waals surface area contributed by atoms with E-state index >= 15 is 0 Å². The molecule has 0 amide bonds. The van der Waals surface area contributed by atoms with Gasteiger partial charge in [0, 0.05) is 12.0 Å². The lowest BCUT2D eigenvalue weighted by Gasteiger charge is -2.09. The normalized spacial score (nSPS) is 11.2. The minimum atomic E-state index is -3.07. The molecule has 0 aliphatic rings. The second-order valence-corrected chi connectivity index (χ2v) is 7.16. The zero-order valence-corrected chi connectivity index (χ0v) is 17.7. The van der Waals surface area contributed by atoms with E-state index < -0.39 is 11.7 Å². The Kier molecular flexibility index (Phi) is 6.03. The van der Waals surface area contributed by atoms with Gasteiger partial charge in [-0.2, -0.15) is 8.78 Å². The zero-order chi connectivity index (χ0) is 22.6. The summed E-state index contributed by atoms with van der Waals surface area (Å²) in [7, 11) is 0. The molecule has 0 aliphatic carbocycles. The van der Waals surface area contributed by atoms with E-state index in [1.165, 1.54) is 11.6 Å². The molecule has 0 saturated heterocycles. The highest BCUT2D eigenvalue weighted by molar-refractivity contribution is 5.80. The second kappa shape index (κ2) is 9.06. The van der Waals surface area contributed by atoms with E-state index in [9.17, 15) is 8.78 Å². The number of alkyl halides is 2. The molecule has 162 valence electrons. The smallest absolute Gasteiger partial charge is 0.244 e. The summed E-state index contributed by atoms with van der Waals surface area (Å²) >= 11 is 0. The van der Waals surface area contributed by atoms with Gasteiger partial charge in [-0.1, -0.05) is 61.4 Å². The maximum absolute atomic E-state index is 14.1. The molecule has 4 aromatic rings. The summed E-state index contributed by atoms with van der Waals surface area (Å²) in [5.74, 6) is 3.14. The molecule has 2 aromatic carbocycles. The number of benzene rings is 2. The molecule has 9 heteroatoms. The van der Waals surface area contributed by atoms with Gasteiger partial charge in [-0.25, -0.2) is 14.8 Å². The molecule has 1 N–H and O–H groups in total. The van der Waals surface area contributed by atoms with Crippen LogP contribution in [0.15, 0.2) is 48.5 Å². The van der Waals surface area contributed by atoms with E-state index in [0.29, 0.717) is 18.2 Å². The number of H-pyrrole nitrogens is 1. The quantitative estimate of drug-likeness (QED) is 0.441. The first-order chi connectivity index (χ1) is 15.5. The first-order valence-corrected chi connectivity index (χ1v) is 10.2. The molecule has 0 radical (unpaired) electrons. The highest BCUT2D eigenvalue weighted by Crippen LogP contribution is 2.31. The van der Waals surface area contributed by atoms with Gasteiger partial charge in [0.15, 0.2) is 5.82 Å². The van der Waals surface area contributed by atoms with E-state index in [-0.39, 0.29) is 12.8 Å². The Morgan fingerprint density at radius 2 is 1.81 bits per heavy atom. The summed E-state index contributed by atoms with van der Waals surface area (Å²) in [6.07, 6.45) is -0.0926. The van der Waals surface area contributed by atoms with Crippen molar-refractivity contribution in [2.75, 3.05) is 0 Å². The molecule has 2 aromatic heterocycles. The van der Waals surface area contributed by atoms with Gasteiger partial charge in [0.2, 0.25) is 5.82 Å². The Hall–Kier alpha value is -3.93.